The molecule has 3 heteroatoms. The molecule has 1 aliphatic rings. The van der Waals surface area contributed by atoms with Gasteiger partial charge in [0, 0.05) is 16.8 Å². The fourth-order valence-electron chi connectivity index (χ4n) is 4.11. The largest absolute Gasteiger partial charge is 0.452 e. The van der Waals surface area contributed by atoms with E-state index >= 15 is 0 Å². The van der Waals surface area contributed by atoms with E-state index in [9.17, 15) is 4.79 Å². The van der Waals surface area contributed by atoms with E-state index in [1.807, 2.05) is 29.2 Å². The van der Waals surface area contributed by atoms with Crippen molar-refractivity contribution in [2.75, 3.05) is 12.0 Å². The van der Waals surface area contributed by atoms with Gasteiger partial charge in [0.05, 0.1) is 12.8 Å². The van der Waals surface area contributed by atoms with Crippen molar-refractivity contribution in [1.29, 1.82) is 0 Å². The molecule has 4 rings (SSSR count). The van der Waals surface area contributed by atoms with Crippen molar-refractivity contribution >= 4 is 33.3 Å². The highest BCUT2D eigenvalue weighted by Gasteiger charge is 2.30. The number of fused-ring (bicyclic) bond motifs is 2. The minimum absolute atomic E-state index is 0.204. The number of methoxy groups -OCH3 is 1. The van der Waals surface area contributed by atoms with Crippen LogP contribution in [-0.2, 0) is 4.74 Å². The van der Waals surface area contributed by atoms with Gasteiger partial charge >= 0.3 is 6.09 Å². The maximum atomic E-state index is 12.8. The molecule has 3 nitrogen and oxygen atoms in total. The van der Waals surface area contributed by atoms with Gasteiger partial charge in [-0.25, -0.2) is 4.79 Å². The van der Waals surface area contributed by atoms with Gasteiger partial charge in [-0.05, 0) is 29.7 Å². The monoisotopic (exact) mass is 333 g/mol. The van der Waals surface area contributed by atoms with Crippen LogP contribution in [0.25, 0.3) is 21.5 Å². The number of carbonyl (C=O) groups excluding carboxylic acids is 1. The summed E-state index contributed by atoms with van der Waals surface area (Å²) in [4.78, 5) is 14.7. The average Bonchev–Trinajstić information content (AvgIpc) is 2.68. The van der Waals surface area contributed by atoms with E-state index in [1.54, 1.807) is 0 Å². The number of benzene rings is 3. The SMILES string of the molecule is COC(=O)N(c1c2ccccc2cc2ccccc12)C1CCCCC1. The van der Waals surface area contributed by atoms with Crippen molar-refractivity contribution in [3.05, 3.63) is 54.6 Å². The fraction of sp³-hybridized carbons (Fsp3) is 0.318. The molecule has 0 unspecified atom stereocenters. The molecular weight excluding hydrogens is 310 g/mol. The Kier molecular flexibility index (Phi) is 4.31. The third kappa shape index (κ3) is 2.84. The first-order valence-electron chi connectivity index (χ1n) is 9.07. The van der Waals surface area contributed by atoms with Crippen LogP contribution in [0.15, 0.2) is 54.6 Å². The van der Waals surface area contributed by atoms with Gasteiger partial charge in [0.25, 0.3) is 0 Å². The first-order chi connectivity index (χ1) is 12.3. The van der Waals surface area contributed by atoms with Crippen molar-refractivity contribution in [3.8, 4) is 0 Å². The van der Waals surface area contributed by atoms with Crippen molar-refractivity contribution in [2.24, 2.45) is 0 Å². The molecule has 1 amide bonds. The molecule has 0 bridgehead atoms. The normalized spacial score (nSPS) is 15.4. The number of anilines is 1. The second kappa shape index (κ2) is 6.75. The number of rotatable bonds is 2. The lowest BCUT2D eigenvalue weighted by atomic mass is 9.92. The van der Waals surface area contributed by atoms with E-state index in [0.29, 0.717) is 0 Å². The van der Waals surface area contributed by atoms with Crippen LogP contribution in [0, 0.1) is 0 Å². The first kappa shape index (κ1) is 15.9. The average molecular weight is 333 g/mol. The number of hydrogen-bond donors (Lipinski definition) is 0. The zero-order chi connectivity index (χ0) is 17.2. The second-order valence-corrected chi connectivity index (χ2v) is 6.80. The molecule has 128 valence electrons. The van der Waals surface area contributed by atoms with E-state index in [0.717, 1.165) is 40.1 Å². The minimum atomic E-state index is -0.256. The van der Waals surface area contributed by atoms with Crippen LogP contribution in [0.2, 0.25) is 0 Å². The van der Waals surface area contributed by atoms with Crippen LogP contribution >= 0.6 is 0 Å². The van der Waals surface area contributed by atoms with Gasteiger partial charge in [-0.15, -0.1) is 0 Å². The van der Waals surface area contributed by atoms with Crippen LogP contribution < -0.4 is 4.90 Å². The van der Waals surface area contributed by atoms with E-state index < -0.39 is 0 Å². The summed E-state index contributed by atoms with van der Waals surface area (Å²) in [6, 6.07) is 19.0. The van der Waals surface area contributed by atoms with Gasteiger partial charge in [0.15, 0.2) is 0 Å². The van der Waals surface area contributed by atoms with Gasteiger partial charge in [-0.1, -0.05) is 67.8 Å². The molecule has 0 radical (unpaired) electrons. The number of amides is 1. The highest BCUT2D eigenvalue weighted by Crippen LogP contribution is 2.39. The van der Waals surface area contributed by atoms with Crippen molar-refractivity contribution in [2.45, 2.75) is 38.1 Å². The summed E-state index contributed by atoms with van der Waals surface area (Å²) in [7, 11) is 1.48. The lowest BCUT2D eigenvalue weighted by molar-refractivity contribution is 0.174. The van der Waals surface area contributed by atoms with Gasteiger partial charge in [0.2, 0.25) is 0 Å². The molecule has 0 N–H and O–H groups in total. The Morgan fingerprint density at radius 2 is 1.48 bits per heavy atom. The highest BCUT2D eigenvalue weighted by molar-refractivity contribution is 6.15. The summed E-state index contributed by atoms with van der Waals surface area (Å²) in [6.07, 6.45) is 5.40. The maximum absolute atomic E-state index is 12.8. The number of hydrogen-bond acceptors (Lipinski definition) is 2. The van der Waals surface area contributed by atoms with E-state index in [4.69, 9.17) is 4.74 Å². The third-order valence-corrected chi connectivity index (χ3v) is 5.29. The number of ether oxygens (including phenoxy) is 1. The van der Waals surface area contributed by atoms with Gasteiger partial charge in [-0.2, -0.15) is 0 Å². The zero-order valence-corrected chi connectivity index (χ0v) is 14.6. The van der Waals surface area contributed by atoms with Gasteiger partial charge < -0.3 is 4.74 Å². The van der Waals surface area contributed by atoms with Crippen LogP contribution in [0.1, 0.15) is 32.1 Å². The summed E-state index contributed by atoms with van der Waals surface area (Å²) < 4.78 is 5.20. The minimum Gasteiger partial charge on any atom is -0.452 e. The number of nitrogens with zero attached hydrogens (tertiary/aromatic N) is 1. The molecule has 0 atom stereocenters. The topological polar surface area (TPSA) is 29.5 Å². The van der Waals surface area contributed by atoms with Crippen molar-refractivity contribution in [1.82, 2.24) is 0 Å². The lowest BCUT2D eigenvalue weighted by Gasteiger charge is -2.34. The summed E-state index contributed by atoms with van der Waals surface area (Å²) in [5, 5.41) is 4.52. The first-order valence-corrected chi connectivity index (χ1v) is 9.07. The zero-order valence-electron chi connectivity index (χ0n) is 14.6. The molecule has 0 saturated heterocycles. The lowest BCUT2D eigenvalue weighted by Crippen LogP contribution is -2.41. The Morgan fingerprint density at radius 3 is 2.04 bits per heavy atom. The molecular formula is C22H23NO2. The second-order valence-electron chi connectivity index (χ2n) is 6.80. The van der Waals surface area contributed by atoms with Gasteiger partial charge in [0.1, 0.15) is 0 Å². The molecule has 3 aromatic carbocycles. The Labute approximate surface area is 148 Å². The molecule has 0 aliphatic heterocycles. The summed E-state index contributed by atoms with van der Waals surface area (Å²) >= 11 is 0. The molecule has 1 fully saturated rings. The Morgan fingerprint density at radius 1 is 0.920 bits per heavy atom. The predicted molar refractivity (Wildman–Crippen MR) is 103 cm³/mol. The van der Waals surface area contributed by atoms with Crippen LogP contribution in [0.3, 0.4) is 0 Å². The summed E-state index contributed by atoms with van der Waals surface area (Å²) in [5.74, 6) is 0. The van der Waals surface area contributed by atoms with Crippen molar-refractivity contribution < 1.29 is 9.53 Å². The molecule has 1 saturated carbocycles. The molecule has 25 heavy (non-hydrogen) atoms. The van der Waals surface area contributed by atoms with Crippen LogP contribution in [-0.4, -0.2) is 19.2 Å². The summed E-state index contributed by atoms with van der Waals surface area (Å²) in [5.41, 5.74) is 0.993. The standard InChI is InChI=1S/C22H23NO2/c1-25-22(24)23(18-11-3-2-4-12-18)21-19-13-7-5-9-16(19)15-17-10-6-8-14-20(17)21/h5-10,13-15,18H,2-4,11-12H2,1H3. The molecule has 3 aromatic rings. The predicted octanol–water partition coefficient (Wildman–Crippen LogP) is 5.90. The van der Waals surface area contributed by atoms with Crippen molar-refractivity contribution in [3.63, 3.8) is 0 Å². The molecule has 0 spiro atoms. The van der Waals surface area contributed by atoms with Gasteiger partial charge in [-0.3, -0.25) is 4.90 Å². The highest BCUT2D eigenvalue weighted by atomic mass is 16.5. The smallest absolute Gasteiger partial charge is 0.414 e. The Bertz CT molecular complexity index is 858. The third-order valence-electron chi connectivity index (χ3n) is 5.29. The van der Waals surface area contributed by atoms with E-state index in [2.05, 4.69) is 30.3 Å². The van der Waals surface area contributed by atoms with E-state index in [-0.39, 0.29) is 12.1 Å². The summed E-state index contributed by atoms with van der Waals surface area (Å²) in [6.45, 7) is 0. The fourth-order valence-corrected chi connectivity index (χ4v) is 4.11. The molecule has 0 heterocycles. The Balaban J connectivity index is 2.01. The molecule has 0 aromatic heterocycles. The van der Waals surface area contributed by atoms with E-state index in [1.165, 1.54) is 26.4 Å². The quantitative estimate of drug-likeness (QED) is 0.547. The van der Waals surface area contributed by atoms with Crippen LogP contribution in [0.5, 0.6) is 0 Å². The number of carbonyl (C=O) groups is 1. The molecule has 1 aliphatic carbocycles. The van der Waals surface area contributed by atoms with Crippen LogP contribution in [0.4, 0.5) is 10.5 Å². The maximum Gasteiger partial charge on any atom is 0.414 e. The Hall–Kier alpha value is -2.55.